The summed E-state index contributed by atoms with van der Waals surface area (Å²) in [6, 6.07) is 10.7. The van der Waals surface area contributed by atoms with Crippen LogP contribution in [0.3, 0.4) is 0 Å². The van der Waals surface area contributed by atoms with E-state index in [0.717, 1.165) is 17.3 Å². The number of benzene rings is 1. The van der Waals surface area contributed by atoms with Crippen LogP contribution in [0, 0.1) is 0 Å². The second-order valence-corrected chi connectivity index (χ2v) is 4.19. The average molecular weight is 214 g/mol. The van der Waals surface area contributed by atoms with Crippen LogP contribution in [0.15, 0.2) is 30.3 Å². The van der Waals surface area contributed by atoms with E-state index in [4.69, 9.17) is 0 Å². The van der Waals surface area contributed by atoms with Crippen LogP contribution in [0.4, 0.5) is 5.95 Å². The standard InChI is InChI=1S/C12H14N4/c1-16(10-7-8-10)12-13-11(14-15-12)9-5-3-2-4-6-9/h2-6,10H,7-8H2,1H3,(H,13,14,15). The SMILES string of the molecule is CN(c1n[nH]c(-c2ccccc2)n1)C1CC1. The molecule has 1 fully saturated rings. The van der Waals surface area contributed by atoms with Gasteiger partial charge in [0, 0.05) is 18.7 Å². The first-order valence-electron chi connectivity index (χ1n) is 5.55. The van der Waals surface area contributed by atoms with Gasteiger partial charge in [-0.2, -0.15) is 4.98 Å². The van der Waals surface area contributed by atoms with E-state index in [0.29, 0.717) is 6.04 Å². The predicted molar refractivity (Wildman–Crippen MR) is 63.2 cm³/mol. The van der Waals surface area contributed by atoms with Crippen molar-refractivity contribution in [1.82, 2.24) is 15.2 Å². The van der Waals surface area contributed by atoms with Gasteiger partial charge in [0.25, 0.3) is 0 Å². The summed E-state index contributed by atoms with van der Waals surface area (Å²) in [4.78, 5) is 6.64. The third-order valence-electron chi connectivity index (χ3n) is 2.93. The lowest BCUT2D eigenvalue weighted by atomic mass is 10.2. The summed E-state index contributed by atoms with van der Waals surface area (Å²) in [5, 5.41) is 7.23. The largest absolute Gasteiger partial charge is 0.340 e. The van der Waals surface area contributed by atoms with Gasteiger partial charge >= 0.3 is 0 Å². The zero-order chi connectivity index (χ0) is 11.0. The highest BCUT2D eigenvalue weighted by atomic mass is 15.4. The number of nitrogens with zero attached hydrogens (tertiary/aromatic N) is 3. The monoisotopic (exact) mass is 214 g/mol. The molecule has 1 aliphatic carbocycles. The first-order chi connectivity index (χ1) is 7.84. The Labute approximate surface area is 94.3 Å². The van der Waals surface area contributed by atoms with Crippen LogP contribution in [0.25, 0.3) is 11.4 Å². The fourth-order valence-electron chi connectivity index (χ4n) is 1.76. The fraction of sp³-hybridized carbons (Fsp3) is 0.333. The Kier molecular flexibility index (Phi) is 2.13. The van der Waals surface area contributed by atoms with Gasteiger partial charge in [0.1, 0.15) is 0 Å². The summed E-state index contributed by atoms with van der Waals surface area (Å²) in [5.74, 6) is 1.63. The highest BCUT2D eigenvalue weighted by Gasteiger charge is 2.28. The van der Waals surface area contributed by atoms with Crippen LogP contribution in [0.2, 0.25) is 0 Å². The molecule has 1 aliphatic rings. The van der Waals surface area contributed by atoms with Crippen molar-refractivity contribution >= 4 is 5.95 Å². The average Bonchev–Trinajstić information content (AvgIpc) is 3.07. The number of rotatable bonds is 3. The summed E-state index contributed by atoms with van der Waals surface area (Å²) >= 11 is 0. The minimum atomic E-state index is 0.638. The smallest absolute Gasteiger partial charge is 0.245 e. The van der Waals surface area contributed by atoms with Crippen LogP contribution in [0.1, 0.15) is 12.8 Å². The number of aromatic amines is 1. The Morgan fingerprint density at radius 1 is 1.25 bits per heavy atom. The molecule has 0 unspecified atom stereocenters. The normalized spacial score (nSPS) is 15.1. The lowest BCUT2D eigenvalue weighted by molar-refractivity contribution is 0.865. The molecule has 1 aromatic heterocycles. The van der Waals surface area contributed by atoms with E-state index in [1.54, 1.807) is 0 Å². The van der Waals surface area contributed by atoms with Crippen molar-refractivity contribution in [3.63, 3.8) is 0 Å². The molecule has 0 spiro atoms. The van der Waals surface area contributed by atoms with Crippen molar-refractivity contribution in [2.45, 2.75) is 18.9 Å². The Balaban J connectivity index is 1.87. The fourth-order valence-corrected chi connectivity index (χ4v) is 1.76. The Morgan fingerprint density at radius 2 is 2.00 bits per heavy atom. The summed E-state index contributed by atoms with van der Waals surface area (Å²) in [5.41, 5.74) is 1.07. The number of hydrogen-bond acceptors (Lipinski definition) is 3. The zero-order valence-electron chi connectivity index (χ0n) is 9.22. The van der Waals surface area contributed by atoms with Gasteiger partial charge in [-0.3, -0.25) is 5.10 Å². The van der Waals surface area contributed by atoms with Crippen LogP contribution in [0.5, 0.6) is 0 Å². The summed E-state index contributed by atoms with van der Waals surface area (Å²) in [6.45, 7) is 0. The lowest BCUT2D eigenvalue weighted by Crippen LogP contribution is -2.20. The molecule has 16 heavy (non-hydrogen) atoms. The highest BCUT2D eigenvalue weighted by Crippen LogP contribution is 2.28. The quantitative estimate of drug-likeness (QED) is 0.850. The molecule has 0 aliphatic heterocycles. The van der Waals surface area contributed by atoms with Crippen molar-refractivity contribution in [2.75, 3.05) is 11.9 Å². The highest BCUT2D eigenvalue weighted by molar-refractivity contribution is 5.56. The molecule has 0 bridgehead atoms. The molecule has 0 amide bonds. The van der Waals surface area contributed by atoms with Gasteiger partial charge in [0.15, 0.2) is 5.82 Å². The van der Waals surface area contributed by atoms with Gasteiger partial charge in [0.2, 0.25) is 5.95 Å². The van der Waals surface area contributed by atoms with Gasteiger partial charge in [-0.1, -0.05) is 30.3 Å². The van der Waals surface area contributed by atoms with E-state index in [1.807, 2.05) is 30.3 Å². The minimum absolute atomic E-state index is 0.638. The van der Waals surface area contributed by atoms with Crippen molar-refractivity contribution in [3.05, 3.63) is 30.3 Å². The number of anilines is 1. The van der Waals surface area contributed by atoms with E-state index < -0.39 is 0 Å². The Hall–Kier alpha value is -1.84. The number of nitrogens with one attached hydrogen (secondary N) is 1. The van der Waals surface area contributed by atoms with Gasteiger partial charge in [-0.15, -0.1) is 5.10 Å². The van der Waals surface area contributed by atoms with E-state index in [9.17, 15) is 0 Å². The number of aromatic nitrogens is 3. The molecule has 1 heterocycles. The molecular formula is C12H14N4. The van der Waals surface area contributed by atoms with Crippen molar-refractivity contribution in [3.8, 4) is 11.4 Å². The lowest BCUT2D eigenvalue weighted by Gasteiger charge is -2.11. The van der Waals surface area contributed by atoms with E-state index in [-0.39, 0.29) is 0 Å². The maximum absolute atomic E-state index is 4.50. The van der Waals surface area contributed by atoms with Crippen LogP contribution in [-0.2, 0) is 0 Å². The van der Waals surface area contributed by atoms with E-state index in [2.05, 4.69) is 27.1 Å². The molecule has 0 atom stereocenters. The van der Waals surface area contributed by atoms with Gasteiger partial charge in [-0.25, -0.2) is 0 Å². The molecule has 82 valence electrons. The van der Waals surface area contributed by atoms with Crippen molar-refractivity contribution in [2.24, 2.45) is 0 Å². The first kappa shape index (κ1) is 9.39. The van der Waals surface area contributed by atoms with Crippen LogP contribution < -0.4 is 4.90 Å². The minimum Gasteiger partial charge on any atom is -0.340 e. The predicted octanol–water partition coefficient (Wildman–Crippen LogP) is 2.07. The summed E-state index contributed by atoms with van der Waals surface area (Å²) in [7, 11) is 2.05. The summed E-state index contributed by atoms with van der Waals surface area (Å²) in [6.07, 6.45) is 2.51. The van der Waals surface area contributed by atoms with Crippen LogP contribution >= 0.6 is 0 Å². The first-order valence-corrected chi connectivity index (χ1v) is 5.55. The number of hydrogen-bond donors (Lipinski definition) is 1. The van der Waals surface area contributed by atoms with Crippen molar-refractivity contribution < 1.29 is 0 Å². The zero-order valence-corrected chi connectivity index (χ0v) is 9.22. The molecular weight excluding hydrogens is 200 g/mol. The molecule has 1 N–H and O–H groups in total. The topological polar surface area (TPSA) is 44.8 Å². The van der Waals surface area contributed by atoms with Gasteiger partial charge in [-0.05, 0) is 12.8 Å². The van der Waals surface area contributed by atoms with E-state index >= 15 is 0 Å². The summed E-state index contributed by atoms with van der Waals surface area (Å²) < 4.78 is 0. The number of H-pyrrole nitrogens is 1. The second kappa shape index (κ2) is 3.63. The van der Waals surface area contributed by atoms with Gasteiger partial charge < -0.3 is 4.90 Å². The molecule has 4 heteroatoms. The molecule has 2 aromatic rings. The van der Waals surface area contributed by atoms with Crippen LogP contribution in [-0.4, -0.2) is 28.3 Å². The third kappa shape index (κ3) is 1.66. The molecule has 4 nitrogen and oxygen atoms in total. The third-order valence-corrected chi connectivity index (χ3v) is 2.93. The van der Waals surface area contributed by atoms with E-state index in [1.165, 1.54) is 12.8 Å². The molecule has 0 radical (unpaired) electrons. The Morgan fingerprint density at radius 3 is 2.69 bits per heavy atom. The Bertz CT molecular complexity index is 473. The maximum atomic E-state index is 4.50. The molecule has 1 aromatic carbocycles. The van der Waals surface area contributed by atoms with Crippen molar-refractivity contribution in [1.29, 1.82) is 0 Å². The second-order valence-electron chi connectivity index (χ2n) is 4.19. The maximum Gasteiger partial charge on any atom is 0.245 e. The molecule has 0 saturated heterocycles. The molecule has 3 rings (SSSR count). The van der Waals surface area contributed by atoms with Gasteiger partial charge in [0.05, 0.1) is 0 Å². The molecule has 1 saturated carbocycles.